The molecule has 0 radical (unpaired) electrons. The van der Waals surface area contributed by atoms with Crippen molar-refractivity contribution in [1.29, 1.82) is 0 Å². The van der Waals surface area contributed by atoms with Crippen LogP contribution in [0.3, 0.4) is 0 Å². The minimum Gasteiger partial charge on any atom is -0.482 e. The number of nitrogens with one attached hydrogen (secondary N) is 1. The lowest BCUT2D eigenvalue weighted by atomic mass is 9.96. The van der Waals surface area contributed by atoms with Crippen molar-refractivity contribution in [2.24, 2.45) is 5.92 Å². The van der Waals surface area contributed by atoms with Crippen LogP contribution in [0.25, 0.3) is 0 Å². The van der Waals surface area contributed by atoms with Gasteiger partial charge < -0.3 is 20.3 Å². The number of anilines is 1. The maximum atomic E-state index is 12.7. The normalized spacial score (nSPS) is 25.4. The fraction of sp³-hybridized carbons (Fsp3) is 0.500. The molecule has 2 aliphatic heterocycles. The first-order valence-corrected chi connectivity index (χ1v) is 8.71. The summed E-state index contributed by atoms with van der Waals surface area (Å²) in [6.45, 7) is -0.102. The Morgan fingerprint density at radius 2 is 2.17 bits per heavy atom. The summed E-state index contributed by atoms with van der Waals surface area (Å²) in [4.78, 5) is 11.4. The predicted molar refractivity (Wildman–Crippen MR) is 80.5 cm³/mol. The quantitative estimate of drug-likeness (QED) is 0.674. The molecule has 2 heterocycles. The number of rotatable bonds is 3. The number of sulfonamides is 1. The first kappa shape index (κ1) is 16.2. The van der Waals surface area contributed by atoms with Gasteiger partial charge in [-0.1, -0.05) is 0 Å². The highest BCUT2D eigenvalue weighted by Crippen LogP contribution is 2.32. The molecule has 9 heteroatoms. The third kappa shape index (κ3) is 3.05. The minimum atomic E-state index is -3.79. The molecule has 1 amide bonds. The van der Waals surface area contributed by atoms with Crippen LogP contribution < -0.4 is 10.1 Å². The molecular weight excluding hydrogens is 324 g/mol. The van der Waals surface area contributed by atoms with Crippen LogP contribution in [0, 0.1) is 5.92 Å². The Hall–Kier alpha value is -1.68. The van der Waals surface area contributed by atoms with Crippen molar-refractivity contribution >= 4 is 21.6 Å². The zero-order valence-corrected chi connectivity index (χ0v) is 13.1. The fourth-order valence-electron chi connectivity index (χ4n) is 2.75. The van der Waals surface area contributed by atoms with Gasteiger partial charge in [-0.3, -0.25) is 4.79 Å². The SMILES string of the molecule is O=C1COc2ccc(S(=O)(=O)N3CC[C@H](CO)[C@@H](O)C3)cc2N1. The van der Waals surface area contributed by atoms with Crippen LogP contribution in [-0.2, 0) is 14.8 Å². The number of benzene rings is 1. The highest BCUT2D eigenvalue weighted by Gasteiger charge is 2.34. The van der Waals surface area contributed by atoms with E-state index in [0.29, 0.717) is 17.9 Å². The average molecular weight is 342 g/mol. The van der Waals surface area contributed by atoms with Gasteiger partial charge in [0.25, 0.3) is 5.91 Å². The predicted octanol–water partition coefficient (Wildman–Crippen LogP) is -0.619. The highest BCUT2D eigenvalue weighted by molar-refractivity contribution is 7.89. The molecule has 1 aromatic rings. The van der Waals surface area contributed by atoms with E-state index in [1.165, 1.54) is 22.5 Å². The molecule has 1 aromatic carbocycles. The minimum absolute atomic E-state index is 0.0247. The van der Waals surface area contributed by atoms with Gasteiger partial charge in [0.05, 0.1) is 16.7 Å². The molecule has 0 spiro atoms. The Kier molecular flexibility index (Phi) is 4.28. The first-order valence-electron chi connectivity index (χ1n) is 7.27. The number of fused-ring (bicyclic) bond motifs is 1. The first-order chi connectivity index (χ1) is 10.9. The van der Waals surface area contributed by atoms with E-state index in [2.05, 4.69) is 5.32 Å². The van der Waals surface area contributed by atoms with Gasteiger partial charge >= 0.3 is 0 Å². The highest BCUT2D eigenvalue weighted by atomic mass is 32.2. The average Bonchev–Trinajstić information content (AvgIpc) is 2.54. The number of β-amino-alcohol motifs (C(OH)–C–C–N with tert-alkyl or cyclic N) is 1. The van der Waals surface area contributed by atoms with Crippen LogP contribution in [0.4, 0.5) is 5.69 Å². The summed E-state index contributed by atoms with van der Waals surface area (Å²) in [5.41, 5.74) is 0.313. The van der Waals surface area contributed by atoms with E-state index < -0.39 is 16.1 Å². The number of amides is 1. The van der Waals surface area contributed by atoms with Crippen LogP contribution in [0.5, 0.6) is 5.75 Å². The van der Waals surface area contributed by atoms with Crippen LogP contribution in [0.1, 0.15) is 6.42 Å². The lowest BCUT2D eigenvalue weighted by Gasteiger charge is -2.34. The molecule has 2 aliphatic rings. The number of carbonyl (C=O) groups excluding carboxylic acids is 1. The summed E-state index contributed by atoms with van der Waals surface area (Å²) in [6, 6.07) is 4.26. The summed E-state index contributed by atoms with van der Waals surface area (Å²) in [7, 11) is -3.79. The number of piperidine rings is 1. The van der Waals surface area contributed by atoms with Gasteiger partial charge in [0.2, 0.25) is 10.0 Å². The Morgan fingerprint density at radius 1 is 1.39 bits per heavy atom. The van der Waals surface area contributed by atoms with E-state index in [1.807, 2.05) is 0 Å². The lowest BCUT2D eigenvalue weighted by Crippen LogP contribution is -2.47. The maximum Gasteiger partial charge on any atom is 0.262 e. The van der Waals surface area contributed by atoms with E-state index in [9.17, 15) is 18.3 Å². The molecule has 0 saturated carbocycles. The molecule has 1 saturated heterocycles. The number of hydrogen-bond acceptors (Lipinski definition) is 6. The van der Waals surface area contributed by atoms with Gasteiger partial charge in [-0.05, 0) is 24.6 Å². The molecule has 0 unspecified atom stereocenters. The van der Waals surface area contributed by atoms with Gasteiger partial charge in [-0.2, -0.15) is 4.31 Å². The lowest BCUT2D eigenvalue weighted by molar-refractivity contribution is -0.118. The molecule has 3 rings (SSSR count). The molecule has 0 aromatic heterocycles. The monoisotopic (exact) mass is 342 g/mol. The number of aliphatic hydroxyl groups is 2. The molecular formula is C14H18N2O6S. The molecule has 8 nitrogen and oxygen atoms in total. The van der Waals surface area contributed by atoms with Crippen LogP contribution in [0.2, 0.25) is 0 Å². The zero-order valence-electron chi connectivity index (χ0n) is 12.3. The van der Waals surface area contributed by atoms with Gasteiger partial charge in [0.15, 0.2) is 6.61 Å². The number of aliphatic hydroxyl groups excluding tert-OH is 2. The van der Waals surface area contributed by atoms with Crippen molar-refractivity contribution in [2.75, 3.05) is 31.6 Å². The third-order valence-electron chi connectivity index (χ3n) is 4.14. The molecule has 23 heavy (non-hydrogen) atoms. The number of ether oxygens (including phenoxy) is 1. The third-order valence-corrected chi connectivity index (χ3v) is 6.00. The molecule has 0 bridgehead atoms. The van der Waals surface area contributed by atoms with Gasteiger partial charge in [-0.25, -0.2) is 8.42 Å². The topological polar surface area (TPSA) is 116 Å². The Balaban J connectivity index is 1.86. The van der Waals surface area contributed by atoms with Crippen molar-refractivity contribution in [3.8, 4) is 5.75 Å². The van der Waals surface area contributed by atoms with Gasteiger partial charge in [0, 0.05) is 25.6 Å². The zero-order chi connectivity index (χ0) is 16.6. The van der Waals surface area contributed by atoms with Crippen molar-refractivity contribution in [3.63, 3.8) is 0 Å². The van der Waals surface area contributed by atoms with Crippen LogP contribution >= 0.6 is 0 Å². The standard InChI is InChI=1S/C14H18N2O6S/c17-7-9-3-4-16(6-12(9)18)23(20,21)10-1-2-13-11(5-10)15-14(19)8-22-13/h1-2,5,9,12,17-18H,3-4,6-8H2,(H,15,19)/t9-,12+/m1/s1. The largest absolute Gasteiger partial charge is 0.482 e. The van der Waals surface area contributed by atoms with Crippen molar-refractivity contribution in [2.45, 2.75) is 17.4 Å². The summed E-state index contributed by atoms with van der Waals surface area (Å²) in [6.07, 6.45) is -0.508. The van der Waals surface area contributed by atoms with E-state index in [4.69, 9.17) is 9.84 Å². The second kappa shape index (κ2) is 6.08. The second-order valence-corrected chi connectivity index (χ2v) is 7.59. The summed E-state index contributed by atoms with van der Waals surface area (Å²) < 4.78 is 31.8. The van der Waals surface area contributed by atoms with E-state index >= 15 is 0 Å². The molecule has 2 atom stereocenters. The smallest absolute Gasteiger partial charge is 0.262 e. The van der Waals surface area contributed by atoms with E-state index in [1.54, 1.807) is 0 Å². The van der Waals surface area contributed by atoms with Crippen molar-refractivity contribution < 1.29 is 28.2 Å². The molecule has 3 N–H and O–H groups in total. The number of hydrogen-bond donors (Lipinski definition) is 3. The number of carbonyl (C=O) groups is 1. The Labute approximate surface area is 133 Å². The molecule has 1 fully saturated rings. The fourth-order valence-corrected chi connectivity index (χ4v) is 4.25. The van der Waals surface area contributed by atoms with Crippen molar-refractivity contribution in [3.05, 3.63) is 18.2 Å². The maximum absolute atomic E-state index is 12.7. The van der Waals surface area contributed by atoms with Crippen LogP contribution in [0.15, 0.2) is 23.1 Å². The van der Waals surface area contributed by atoms with E-state index in [0.717, 1.165) is 0 Å². The second-order valence-electron chi connectivity index (χ2n) is 5.66. The van der Waals surface area contributed by atoms with Gasteiger partial charge in [0.1, 0.15) is 5.75 Å². The van der Waals surface area contributed by atoms with Crippen molar-refractivity contribution in [1.82, 2.24) is 4.31 Å². The summed E-state index contributed by atoms with van der Waals surface area (Å²) >= 11 is 0. The van der Waals surface area contributed by atoms with E-state index in [-0.39, 0.29) is 43.0 Å². The van der Waals surface area contributed by atoms with Gasteiger partial charge in [-0.15, -0.1) is 0 Å². The number of nitrogens with zero attached hydrogens (tertiary/aromatic N) is 1. The molecule has 0 aliphatic carbocycles. The Bertz CT molecular complexity index is 720. The van der Waals surface area contributed by atoms with Crippen LogP contribution in [-0.4, -0.2) is 61.3 Å². The summed E-state index contributed by atoms with van der Waals surface area (Å²) in [5, 5.41) is 21.6. The summed E-state index contributed by atoms with van der Waals surface area (Å²) in [5.74, 6) is -0.230. The molecule has 126 valence electrons. The Morgan fingerprint density at radius 3 is 2.87 bits per heavy atom.